The van der Waals surface area contributed by atoms with Gasteiger partial charge in [-0.05, 0) is 107 Å². The number of rotatable bonds is 4. The molecule has 0 aliphatic carbocycles. The van der Waals surface area contributed by atoms with Crippen LogP contribution in [0.2, 0.25) is 0 Å². The van der Waals surface area contributed by atoms with Gasteiger partial charge < -0.3 is 4.57 Å². The summed E-state index contributed by atoms with van der Waals surface area (Å²) in [7, 11) is 0. The second kappa shape index (κ2) is 12.4. The Bertz CT molecular complexity index is 3720. The van der Waals surface area contributed by atoms with E-state index in [1.54, 1.807) is 6.07 Å². The van der Waals surface area contributed by atoms with Crippen molar-refractivity contribution in [3.8, 4) is 40.0 Å². The highest BCUT2D eigenvalue weighted by molar-refractivity contribution is 7.25. The first-order valence-corrected chi connectivity index (χ1v) is 19.9. The molecule has 8 aromatic carbocycles. The Morgan fingerprint density at radius 1 is 0.448 bits per heavy atom. The SMILES string of the molecule is N#Cc1nc(-n2c3ccccc3c3cc(-c4ccc5c(c4)c4cc(-c6ccc7sc8ccccc8c7c6)ccc4n5-c4ccccc4)ccc32)nc2cc(F)ccc12. The highest BCUT2D eigenvalue weighted by atomic mass is 32.1. The highest BCUT2D eigenvalue weighted by Crippen LogP contribution is 2.41. The average Bonchev–Trinajstić information content (AvgIpc) is 3.92. The summed E-state index contributed by atoms with van der Waals surface area (Å²) >= 11 is 1.84. The Labute approximate surface area is 334 Å². The number of thiophene rings is 1. The van der Waals surface area contributed by atoms with E-state index in [4.69, 9.17) is 4.98 Å². The van der Waals surface area contributed by atoms with Crippen LogP contribution in [-0.2, 0) is 0 Å². The molecule has 12 aromatic rings. The van der Waals surface area contributed by atoms with Crippen LogP contribution >= 0.6 is 11.3 Å². The Morgan fingerprint density at radius 3 is 1.71 bits per heavy atom. The molecule has 0 radical (unpaired) electrons. The quantitative estimate of drug-likeness (QED) is 0.179. The predicted molar refractivity (Wildman–Crippen MR) is 237 cm³/mol. The lowest BCUT2D eigenvalue weighted by molar-refractivity contribution is 0.629. The largest absolute Gasteiger partial charge is 0.309 e. The maximum absolute atomic E-state index is 14.4. The minimum Gasteiger partial charge on any atom is -0.309 e. The first-order valence-electron chi connectivity index (χ1n) is 19.1. The zero-order chi connectivity index (χ0) is 38.5. The Balaban J connectivity index is 1.05. The number of fused-ring (bicyclic) bond motifs is 10. The summed E-state index contributed by atoms with van der Waals surface area (Å²) < 4.78 is 21.3. The normalized spacial score (nSPS) is 11.9. The lowest BCUT2D eigenvalue weighted by Gasteiger charge is -2.09. The number of hydrogen-bond acceptors (Lipinski definition) is 4. The monoisotopic (exact) mass is 761 g/mol. The van der Waals surface area contributed by atoms with Gasteiger partial charge in [0.15, 0.2) is 5.69 Å². The molecule has 7 heteroatoms. The molecular weight excluding hydrogens is 734 g/mol. The van der Waals surface area contributed by atoms with Crippen LogP contribution in [0.5, 0.6) is 0 Å². The van der Waals surface area contributed by atoms with Crippen molar-refractivity contribution >= 4 is 86.0 Å². The van der Waals surface area contributed by atoms with E-state index in [0.717, 1.165) is 49.7 Å². The third-order valence-corrected chi connectivity index (χ3v) is 12.6. The minimum absolute atomic E-state index is 0.203. The minimum atomic E-state index is -0.415. The molecular formula is C51H28FN5S. The summed E-state index contributed by atoms with van der Waals surface area (Å²) in [6, 6.07) is 60.7. The molecule has 0 spiro atoms. The summed E-state index contributed by atoms with van der Waals surface area (Å²) in [5.41, 5.74) is 10.3. The van der Waals surface area contributed by atoms with E-state index >= 15 is 0 Å². The number of nitrogens with zero attached hydrogens (tertiary/aromatic N) is 5. The van der Waals surface area contributed by atoms with Gasteiger partial charge >= 0.3 is 0 Å². The zero-order valence-corrected chi connectivity index (χ0v) is 31.5. The first-order chi connectivity index (χ1) is 28.6. The zero-order valence-electron chi connectivity index (χ0n) is 30.7. The van der Waals surface area contributed by atoms with Crippen molar-refractivity contribution in [1.29, 1.82) is 5.26 Å². The molecule has 0 aliphatic rings. The first kappa shape index (κ1) is 32.6. The number of hydrogen-bond donors (Lipinski definition) is 0. The Hall–Kier alpha value is -7.66. The number of halogens is 1. The van der Waals surface area contributed by atoms with Crippen LogP contribution in [0.1, 0.15) is 5.69 Å². The van der Waals surface area contributed by atoms with Crippen LogP contribution in [0.25, 0.3) is 109 Å². The summed E-state index contributed by atoms with van der Waals surface area (Å²) in [5.74, 6) is -0.0903. The average molecular weight is 762 g/mol. The number of benzene rings is 8. The molecule has 0 saturated heterocycles. The number of aromatic nitrogens is 4. The van der Waals surface area contributed by atoms with Crippen molar-refractivity contribution < 1.29 is 4.39 Å². The van der Waals surface area contributed by atoms with Gasteiger partial charge in [0.1, 0.15) is 11.9 Å². The molecule has 0 saturated carbocycles. The van der Waals surface area contributed by atoms with Gasteiger partial charge in [-0.25, -0.2) is 14.4 Å². The molecule has 0 atom stereocenters. The van der Waals surface area contributed by atoms with Gasteiger partial charge in [0.05, 0.1) is 27.6 Å². The maximum Gasteiger partial charge on any atom is 0.236 e. The van der Waals surface area contributed by atoms with Crippen LogP contribution < -0.4 is 0 Å². The summed E-state index contributed by atoms with van der Waals surface area (Å²) in [6.07, 6.45) is 0. The van der Waals surface area contributed by atoms with Crippen molar-refractivity contribution in [1.82, 2.24) is 19.1 Å². The third-order valence-electron chi connectivity index (χ3n) is 11.4. The third kappa shape index (κ3) is 4.86. The van der Waals surface area contributed by atoms with Gasteiger partial charge in [-0.1, -0.05) is 78.9 Å². The lowest BCUT2D eigenvalue weighted by Crippen LogP contribution is -2.03. The van der Waals surface area contributed by atoms with E-state index in [1.165, 1.54) is 54.2 Å². The van der Waals surface area contributed by atoms with E-state index in [1.807, 2.05) is 34.1 Å². The fourth-order valence-electron chi connectivity index (χ4n) is 8.79. The molecule has 0 amide bonds. The fourth-order valence-corrected chi connectivity index (χ4v) is 9.87. The van der Waals surface area contributed by atoms with Gasteiger partial charge in [-0.2, -0.15) is 5.26 Å². The van der Waals surface area contributed by atoms with Gasteiger partial charge in [0.2, 0.25) is 5.95 Å². The van der Waals surface area contributed by atoms with Crippen molar-refractivity contribution in [2.45, 2.75) is 0 Å². The summed E-state index contributed by atoms with van der Waals surface area (Å²) in [5, 5.41) is 17.5. The maximum atomic E-state index is 14.4. The standard InChI is InChI=1S/C51H28FN5S/c52-34-18-19-38-43(28-34)54-51(55-44(38)29-53)57-45-12-6-4-10-36(45)39-24-30(16-22-48(39)57)31-14-20-46-40(25-31)41-26-32(15-21-47(41)56(46)35-8-2-1-3-9-35)33-17-23-50-42(27-33)37-11-5-7-13-49(37)58-50/h1-28H. The van der Waals surface area contributed by atoms with Crippen molar-refractivity contribution in [2.24, 2.45) is 0 Å². The summed E-state index contributed by atoms with van der Waals surface area (Å²) in [6.45, 7) is 0. The van der Waals surface area contributed by atoms with Gasteiger partial charge in [-0.15, -0.1) is 11.3 Å². The van der Waals surface area contributed by atoms with Gasteiger partial charge in [0.25, 0.3) is 0 Å². The summed E-state index contributed by atoms with van der Waals surface area (Å²) in [4.78, 5) is 9.46. The Kier molecular flexibility index (Phi) is 6.98. The van der Waals surface area contributed by atoms with Crippen molar-refractivity contribution in [3.05, 3.63) is 181 Å². The second-order valence-electron chi connectivity index (χ2n) is 14.7. The molecule has 4 aromatic heterocycles. The molecule has 0 N–H and O–H groups in total. The molecule has 0 bridgehead atoms. The predicted octanol–water partition coefficient (Wildman–Crippen LogP) is 13.5. The highest BCUT2D eigenvalue weighted by Gasteiger charge is 2.19. The molecule has 0 unspecified atom stereocenters. The lowest BCUT2D eigenvalue weighted by atomic mass is 9.98. The molecule has 0 aliphatic heterocycles. The van der Waals surface area contributed by atoms with E-state index in [9.17, 15) is 9.65 Å². The number of nitriles is 1. The van der Waals surface area contributed by atoms with E-state index in [0.29, 0.717) is 16.9 Å². The molecule has 270 valence electrons. The van der Waals surface area contributed by atoms with Crippen LogP contribution in [0, 0.1) is 17.1 Å². The van der Waals surface area contributed by atoms with Crippen LogP contribution in [-0.4, -0.2) is 19.1 Å². The molecule has 0 fully saturated rings. The molecule has 12 rings (SSSR count). The fraction of sp³-hybridized carbons (Fsp3) is 0. The van der Waals surface area contributed by atoms with E-state index < -0.39 is 5.82 Å². The second-order valence-corrected chi connectivity index (χ2v) is 15.8. The topological polar surface area (TPSA) is 59.4 Å². The van der Waals surface area contributed by atoms with Crippen molar-refractivity contribution in [2.75, 3.05) is 0 Å². The molecule has 5 nitrogen and oxygen atoms in total. The van der Waals surface area contributed by atoms with Gasteiger partial charge in [0, 0.05) is 58.9 Å². The van der Waals surface area contributed by atoms with E-state index in [2.05, 4.69) is 149 Å². The Morgan fingerprint density at radius 2 is 1.00 bits per heavy atom. The van der Waals surface area contributed by atoms with Crippen LogP contribution in [0.3, 0.4) is 0 Å². The van der Waals surface area contributed by atoms with Gasteiger partial charge in [-0.3, -0.25) is 4.57 Å². The molecule has 4 heterocycles. The number of para-hydroxylation sites is 2. The van der Waals surface area contributed by atoms with Crippen molar-refractivity contribution in [3.63, 3.8) is 0 Å². The van der Waals surface area contributed by atoms with Crippen LogP contribution in [0.4, 0.5) is 4.39 Å². The smallest absolute Gasteiger partial charge is 0.236 e. The molecule has 58 heavy (non-hydrogen) atoms. The van der Waals surface area contributed by atoms with Crippen LogP contribution in [0.15, 0.2) is 170 Å². The van der Waals surface area contributed by atoms with E-state index in [-0.39, 0.29) is 5.69 Å².